The van der Waals surface area contributed by atoms with E-state index in [1.165, 1.54) is 5.56 Å². The maximum absolute atomic E-state index is 13.1. The number of hydrogen-bond acceptors (Lipinski definition) is 3. The molecule has 1 aliphatic rings. The van der Waals surface area contributed by atoms with Crippen LogP contribution < -0.4 is 5.32 Å². The van der Waals surface area contributed by atoms with E-state index in [0.29, 0.717) is 0 Å². The van der Waals surface area contributed by atoms with Crippen molar-refractivity contribution in [2.45, 2.75) is 24.9 Å². The molecule has 5 nitrogen and oxygen atoms in total. The van der Waals surface area contributed by atoms with Gasteiger partial charge in [-0.2, -0.15) is 11.3 Å². The number of urea groups is 1. The van der Waals surface area contributed by atoms with Gasteiger partial charge in [-0.25, -0.2) is 9.78 Å². The Labute approximate surface area is 157 Å². The molecule has 3 aromatic rings. The van der Waals surface area contributed by atoms with Gasteiger partial charge in [0.25, 0.3) is 0 Å². The standard InChI is InChI=1S/C20H22N4OS/c1-23-12-10-21-19(23)18(15-6-3-2-4-7-15)22-20(25)24-11-5-8-17(24)16-9-13-26-14-16/h2-4,6-7,9-10,12-14,17-18H,5,8,11H2,1H3,(H,22,25). The van der Waals surface area contributed by atoms with Gasteiger partial charge in [0.2, 0.25) is 0 Å². The lowest BCUT2D eigenvalue weighted by Crippen LogP contribution is -2.42. The molecule has 4 rings (SSSR count). The zero-order valence-corrected chi connectivity index (χ0v) is 15.5. The summed E-state index contributed by atoms with van der Waals surface area (Å²) in [7, 11) is 1.95. The molecule has 1 N–H and O–H groups in total. The molecule has 2 atom stereocenters. The van der Waals surface area contributed by atoms with Crippen molar-refractivity contribution in [2.75, 3.05) is 6.54 Å². The molecule has 0 bridgehead atoms. The van der Waals surface area contributed by atoms with Crippen molar-refractivity contribution in [1.82, 2.24) is 19.8 Å². The van der Waals surface area contributed by atoms with Crippen LogP contribution >= 0.6 is 11.3 Å². The average Bonchev–Trinajstić information content (AvgIpc) is 3.41. The van der Waals surface area contributed by atoms with E-state index in [1.54, 1.807) is 17.5 Å². The molecule has 1 saturated heterocycles. The number of carbonyl (C=O) groups is 1. The molecule has 26 heavy (non-hydrogen) atoms. The number of rotatable bonds is 4. The SMILES string of the molecule is Cn1ccnc1C(NC(=O)N1CCCC1c1ccsc1)c1ccccc1. The van der Waals surface area contributed by atoms with Crippen LogP contribution in [0.1, 0.15) is 41.9 Å². The maximum Gasteiger partial charge on any atom is 0.318 e. The molecule has 0 saturated carbocycles. The summed E-state index contributed by atoms with van der Waals surface area (Å²) in [4.78, 5) is 19.6. The minimum atomic E-state index is -0.271. The van der Waals surface area contributed by atoms with E-state index in [4.69, 9.17) is 0 Å². The van der Waals surface area contributed by atoms with Crippen molar-refractivity contribution >= 4 is 17.4 Å². The van der Waals surface area contributed by atoms with Crippen molar-refractivity contribution in [3.63, 3.8) is 0 Å². The number of nitrogens with zero attached hydrogens (tertiary/aromatic N) is 3. The van der Waals surface area contributed by atoms with Gasteiger partial charge in [-0.15, -0.1) is 0 Å². The number of carbonyl (C=O) groups excluding carboxylic acids is 1. The van der Waals surface area contributed by atoms with Crippen LogP contribution in [0.15, 0.2) is 59.6 Å². The zero-order valence-electron chi connectivity index (χ0n) is 14.7. The topological polar surface area (TPSA) is 50.2 Å². The van der Waals surface area contributed by atoms with Crippen LogP contribution in [0.2, 0.25) is 0 Å². The molecular weight excluding hydrogens is 344 g/mol. The van der Waals surface area contributed by atoms with Gasteiger partial charge in [0.15, 0.2) is 0 Å². The highest BCUT2D eigenvalue weighted by molar-refractivity contribution is 7.08. The van der Waals surface area contributed by atoms with Gasteiger partial charge in [-0.3, -0.25) is 0 Å². The molecular formula is C20H22N4OS. The van der Waals surface area contributed by atoms with Gasteiger partial charge in [0, 0.05) is 26.0 Å². The summed E-state index contributed by atoms with van der Waals surface area (Å²) in [6.45, 7) is 0.786. The van der Waals surface area contributed by atoms with Gasteiger partial charge >= 0.3 is 6.03 Å². The quantitative estimate of drug-likeness (QED) is 0.755. The average molecular weight is 366 g/mol. The molecule has 1 fully saturated rings. The fourth-order valence-corrected chi connectivity index (χ4v) is 4.33. The smallest absolute Gasteiger partial charge is 0.318 e. The Morgan fingerprint density at radius 3 is 2.85 bits per heavy atom. The number of likely N-dealkylation sites (tertiary alicyclic amines) is 1. The van der Waals surface area contributed by atoms with Crippen LogP contribution in [0.25, 0.3) is 0 Å². The molecule has 0 aliphatic carbocycles. The van der Waals surface area contributed by atoms with Crippen LogP contribution in [-0.4, -0.2) is 27.0 Å². The number of hydrogen-bond donors (Lipinski definition) is 1. The van der Waals surface area contributed by atoms with E-state index in [0.717, 1.165) is 30.8 Å². The minimum absolute atomic E-state index is 0.0319. The van der Waals surface area contributed by atoms with E-state index in [2.05, 4.69) is 27.1 Å². The third-order valence-electron chi connectivity index (χ3n) is 4.96. The highest BCUT2D eigenvalue weighted by Crippen LogP contribution is 2.33. The van der Waals surface area contributed by atoms with Gasteiger partial charge < -0.3 is 14.8 Å². The number of amides is 2. The first-order chi connectivity index (χ1) is 12.7. The Balaban J connectivity index is 1.60. The van der Waals surface area contributed by atoms with E-state index in [1.807, 2.05) is 53.0 Å². The molecule has 2 amide bonds. The van der Waals surface area contributed by atoms with Crippen LogP contribution in [0.5, 0.6) is 0 Å². The van der Waals surface area contributed by atoms with Crippen LogP contribution in [0.4, 0.5) is 4.79 Å². The van der Waals surface area contributed by atoms with E-state index in [-0.39, 0.29) is 18.1 Å². The van der Waals surface area contributed by atoms with Crippen LogP contribution in [0.3, 0.4) is 0 Å². The number of thiophene rings is 1. The molecule has 134 valence electrons. The predicted molar refractivity (Wildman–Crippen MR) is 103 cm³/mol. The van der Waals surface area contributed by atoms with Gasteiger partial charge in [-0.05, 0) is 40.8 Å². The molecule has 6 heteroatoms. The fourth-order valence-electron chi connectivity index (χ4n) is 3.63. The summed E-state index contributed by atoms with van der Waals surface area (Å²) in [5, 5.41) is 7.43. The van der Waals surface area contributed by atoms with Gasteiger partial charge in [0.1, 0.15) is 11.9 Å². The van der Waals surface area contributed by atoms with E-state index in [9.17, 15) is 4.79 Å². The third kappa shape index (κ3) is 3.24. The Hall–Kier alpha value is -2.60. The second-order valence-electron chi connectivity index (χ2n) is 6.60. The third-order valence-corrected chi connectivity index (χ3v) is 5.66. The maximum atomic E-state index is 13.1. The first-order valence-corrected chi connectivity index (χ1v) is 9.79. The van der Waals surface area contributed by atoms with Gasteiger partial charge in [-0.1, -0.05) is 30.3 Å². The van der Waals surface area contributed by atoms with Crippen molar-refractivity contribution in [2.24, 2.45) is 7.05 Å². The van der Waals surface area contributed by atoms with Crippen LogP contribution in [-0.2, 0) is 7.05 Å². The number of aryl methyl sites for hydroxylation is 1. The minimum Gasteiger partial charge on any atom is -0.336 e. The largest absolute Gasteiger partial charge is 0.336 e. The van der Waals surface area contributed by atoms with Crippen LogP contribution in [0, 0.1) is 0 Å². The molecule has 0 radical (unpaired) electrons. The Morgan fingerprint density at radius 2 is 2.15 bits per heavy atom. The van der Waals surface area contributed by atoms with E-state index < -0.39 is 0 Å². The van der Waals surface area contributed by atoms with E-state index >= 15 is 0 Å². The monoisotopic (exact) mass is 366 g/mol. The van der Waals surface area contributed by atoms with Crippen molar-refractivity contribution < 1.29 is 4.79 Å². The second kappa shape index (κ2) is 7.33. The van der Waals surface area contributed by atoms with Gasteiger partial charge in [0.05, 0.1) is 6.04 Å². The number of nitrogens with one attached hydrogen (secondary N) is 1. The Kier molecular flexibility index (Phi) is 4.75. The zero-order chi connectivity index (χ0) is 17.9. The summed E-state index contributed by atoms with van der Waals surface area (Å²) >= 11 is 1.68. The first kappa shape index (κ1) is 16.8. The molecule has 1 aliphatic heterocycles. The highest BCUT2D eigenvalue weighted by Gasteiger charge is 2.32. The Bertz CT molecular complexity index is 859. The normalized spacial score (nSPS) is 18.0. The summed E-state index contributed by atoms with van der Waals surface area (Å²) < 4.78 is 1.96. The molecule has 0 spiro atoms. The Morgan fingerprint density at radius 1 is 1.31 bits per heavy atom. The number of imidazole rings is 1. The first-order valence-electron chi connectivity index (χ1n) is 8.85. The number of benzene rings is 1. The van der Waals surface area contributed by atoms with Crippen molar-refractivity contribution in [3.05, 3.63) is 76.5 Å². The molecule has 2 aromatic heterocycles. The molecule has 3 heterocycles. The van der Waals surface area contributed by atoms with Crippen molar-refractivity contribution in [1.29, 1.82) is 0 Å². The summed E-state index contributed by atoms with van der Waals surface area (Å²) in [5.74, 6) is 0.829. The summed E-state index contributed by atoms with van der Waals surface area (Å²) in [6.07, 6.45) is 5.72. The lowest BCUT2D eigenvalue weighted by atomic mass is 10.1. The second-order valence-corrected chi connectivity index (χ2v) is 7.38. The lowest BCUT2D eigenvalue weighted by molar-refractivity contribution is 0.190. The molecule has 1 aromatic carbocycles. The van der Waals surface area contributed by atoms with Crippen molar-refractivity contribution in [3.8, 4) is 0 Å². The molecule has 2 unspecified atom stereocenters. The lowest BCUT2D eigenvalue weighted by Gasteiger charge is -2.28. The number of aromatic nitrogens is 2. The predicted octanol–water partition coefficient (Wildman–Crippen LogP) is 4.12. The fraction of sp³-hybridized carbons (Fsp3) is 0.300. The summed E-state index contributed by atoms with van der Waals surface area (Å²) in [6, 6.07) is 12.0. The summed E-state index contributed by atoms with van der Waals surface area (Å²) in [5.41, 5.74) is 2.26. The highest BCUT2D eigenvalue weighted by atomic mass is 32.1.